The van der Waals surface area contributed by atoms with Gasteiger partial charge >= 0.3 is 0 Å². The normalized spacial score (nSPS) is 10.6. The first-order valence-electron chi connectivity index (χ1n) is 4.89. The fraction of sp³-hybridized carbons (Fsp3) is 0.250. The minimum atomic E-state index is 0.612. The molecule has 1 aromatic heterocycles. The second-order valence-electron chi connectivity index (χ2n) is 3.70. The molecular weight excluding hydrogens is 188 g/mol. The Kier molecular flexibility index (Phi) is 2.23. The van der Waals surface area contributed by atoms with Crippen molar-refractivity contribution in [1.29, 1.82) is 0 Å². The third-order valence-electron chi connectivity index (χ3n) is 2.55. The minimum Gasteiger partial charge on any atom is -0.441 e. The molecule has 0 amide bonds. The lowest BCUT2D eigenvalue weighted by atomic mass is 10.1. The molecule has 0 fully saturated rings. The van der Waals surface area contributed by atoms with E-state index < -0.39 is 0 Å². The number of oxazole rings is 1. The summed E-state index contributed by atoms with van der Waals surface area (Å²) in [6.45, 7) is 5.83. The number of nitrogens with zero attached hydrogens (tertiary/aromatic N) is 1. The Labute approximate surface area is 88.9 Å². The van der Waals surface area contributed by atoms with Crippen LogP contribution >= 0.6 is 0 Å². The van der Waals surface area contributed by atoms with Gasteiger partial charge in [-0.3, -0.25) is 0 Å². The molecule has 0 bridgehead atoms. The van der Waals surface area contributed by atoms with E-state index in [1.807, 2.05) is 39.0 Å². The summed E-state index contributed by atoms with van der Waals surface area (Å²) in [4.78, 5) is 4.36. The van der Waals surface area contributed by atoms with Gasteiger partial charge in [-0.25, -0.2) is 4.98 Å². The van der Waals surface area contributed by atoms with E-state index in [0.29, 0.717) is 11.6 Å². The Morgan fingerprint density at radius 2 is 1.93 bits per heavy atom. The molecule has 0 saturated carbocycles. The maximum Gasteiger partial charge on any atom is 0.228 e. The van der Waals surface area contributed by atoms with Gasteiger partial charge in [-0.05, 0) is 32.4 Å². The molecule has 78 valence electrons. The lowest BCUT2D eigenvalue weighted by molar-refractivity contribution is 0.540. The molecule has 2 rings (SSSR count). The van der Waals surface area contributed by atoms with Crippen LogP contribution in [0.3, 0.4) is 0 Å². The largest absolute Gasteiger partial charge is 0.441 e. The highest BCUT2D eigenvalue weighted by Gasteiger charge is 2.13. The Bertz CT molecular complexity index is 461. The molecule has 0 saturated heterocycles. The number of hydrogen-bond acceptors (Lipinski definition) is 3. The predicted octanol–water partition coefficient (Wildman–Crippen LogP) is 2.85. The Balaban J connectivity index is 2.63. The van der Waals surface area contributed by atoms with Crippen LogP contribution in [0.15, 0.2) is 22.6 Å². The highest BCUT2D eigenvalue weighted by atomic mass is 16.4. The van der Waals surface area contributed by atoms with E-state index >= 15 is 0 Å². The van der Waals surface area contributed by atoms with Crippen LogP contribution in [-0.4, -0.2) is 4.98 Å². The van der Waals surface area contributed by atoms with Gasteiger partial charge in [0.05, 0.1) is 11.3 Å². The van der Waals surface area contributed by atoms with Crippen LogP contribution in [0.5, 0.6) is 0 Å². The first-order valence-corrected chi connectivity index (χ1v) is 4.89. The molecule has 0 atom stereocenters. The molecule has 2 N–H and O–H groups in total. The molecule has 0 spiro atoms. The quantitative estimate of drug-likeness (QED) is 0.723. The number of aromatic nitrogens is 1. The maximum atomic E-state index is 5.91. The summed E-state index contributed by atoms with van der Waals surface area (Å²) in [5, 5.41) is 0. The van der Waals surface area contributed by atoms with Gasteiger partial charge in [0.1, 0.15) is 5.76 Å². The lowest BCUT2D eigenvalue weighted by Crippen LogP contribution is -1.92. The van der Waals surface area contributed by atoms with Gasteiger partial charge in [-0.2, -0.15) is 0 Å². The lowest BCUT2D eigenvalue weighted by Gasteiger charge is -2.04. The molecule has 0 aliphatic rings. The molecule has 0 radical (unpaired) electrons. The van der Waals surface area contributed by atoms with Gasteiger partial charge in [0.2, 0.25) is 5.89 Å². The monoisotopic (exact) mass is 202 g/mol. The van der Waals surface area contributed by atoms with Gasteiger partial charge in [0, 0.05) is 5.69 Å². The third kappa shape index (κ3) is 1.61. The summed E-state index contributed by atoms with van der Waals surface area (Å²) in [6.07, 6.45) is 0. The topological polar surface area (TPSA) is 52.0 Å². The van der Waals surface area contributed by atoms with Crippen LogP contribution in [0.2, 0.25) is 0 Å². The van der Waals surface area contributed by atoms with E-state index in [9.17, 15) is 0 Å². The number of anilines is 1. The number of nitrogens with two attached hydrogens (primary N) is 1. The zero-order valence-corrected chi connectivity index (χ0v) is 9.16. The van der Waals surface area contributed by atoms with Crippen molar-refractivity contribution < 1.29 is 4.42 Å². The first kappa shape index (κ1) is 9.77. The van der Waals surface area contributed by atoms with Gasteiger partial charge in [-0.1, -0.05) is 12.1 Å². The van der Waals surface area contributed by atoms with Gasteiger partial charge in [0.15, 0.2) is 0 Å². The van der Waals surface area contributed by atoms with Gasteiger partial charge in [0.25, 0.3) is 0 Å². The molecule has 0 aliphatic heterocycles. The van der Waals surface area contributed by atoms with Crippen LogP contribution in [0.4, 0.5) is 5.69 Å². The molecule has 2 aromatic rings. The standard InChI is InChI=1S/C12H14N2O/c1-7-5-4-6-10(13)11(7)12-14-8(2)9(3)15-12/h4-6H,13H2,1-3H3. The number of hydrogen-bond donors (Lipinski definition) is 1. The van der Waals surface area contributed by atoms with Gasteiger partial charge < -0.3 is 10.2 Å². The highest BCUT2D eigenvalue weighted by molar-refractivity contribution is 5.73. The SMILES string of the molecule is Cc1cccc(N)c1-c1nc(C)c(C)o1. The fourth-order valence-electron chi connectivity index (χ4n) is 1.56. The van der Waals surface area contributed by atoms with Crippen LogP contribution in [-0.2, 0) is 0 Å². The zero-order valence-electron chi connectivity index (χ0n) is 9.16. The maximum absolute atomic E-state index is 5.91. The van der Waals surface area contributed by atoms with Crippen molar-refractivity contribution in [3.63, 3.8) is 0 Å². The van der Waals surface area contributed by atoms with E-state index in [1.165, 1.54) is 0 Å². The van der Waals surface area contributed by atoms with Crippen molar-refractivity contribution in [2.45, 2.75) is 20.8 Å². The second kappa shape index (κ2) is 3.42. The van der Waals surface area contributed by atoms with Crippen molar-refractivity contribution in [2.24, 2.45) is 0 Å². The summed E-state index contributed by atoms with van der Waals surface area (Å²) in [7, 11) is 0. The second-order valence-corrected chi connectivity index (χ2v) is 3.70. The van der Waals surface area contributed by atoms with E-state index in [0.717, 1.165) is 22.6 Å². The average molecular weight is 202 g/mol. The summed E-state index contributed by atoms with van der Waals surface area (Å²) in [6, 6.07) is 5.79. The molecule has 3 nitrogen and oxygen atoms in total. The molecule has 1 aromatic carbocycles. The van der Waals surface area contributed by atoms with Crippen molar-refractivity contribution >= 4 is 5.69 Å². The number of benzene rings is 1. The minimum absolute atomic E-state index is 0.612. The summed E-state index contributed by atoms with van der Waals surface area (Å²) in [5.74, 6) is 1.45. The van der Waals surface area contributed by atoms with Crippen molar-refractivity contribution in [2.75, 3.05) is 5.73 Å². The molecular formula is C12H14N2O. The smallest absolute Gasteiger partial charge is 0.228 e. The van der Waals surface area contributed by atoms with E-state index in [-0.39, 0.29) is 0 Å². The van der Waals surface area contributed by atoms with Crippen molar-refractivity contribution in [3.8, 4) is 11.5 Å². The first-order chi connectivity index (χ1) is 7.09. The van der Waals surface area contributed by atoms with Crippen LogP contribution in [0, 0.1) is 20.8 Å². The molecule has 1 heterocycles. The molecule has 3 heteroatoms. The van der Waals surface area contributed by atoms with Crippen LogP contribution in [0.25, 0.3) is 11.5 Å². The zero-order chi connectivity index (χ0) is 11.0. The number of rotatable bonds is 1. The van der Waals surface area contributed by atoms with Gasteiger partial charge in [-0.15, -0.1) is 0 Å². The summed E-state index contributed by atoms with van der Waals surface area (Å²) >= 11 is 0. The Morgan fingerprint density at radius 3 is 2.47 bits per heavy atom. The third-order valence-corrected chi connectivity index (χ3v) is 2.55. The van der Waals surface area contributed by atoms with Crippen molar-refractivity contribution in [1.82, 2.24) is 4.98 Å². The van der Waals surface area contributed by atoms with Crippen LogP contribution < -0.4 is 5.73 Å². The summed E-state index contributed by atoms with van der Waals surface area (Å²) in [5.41, 5.74) is 9.50. The average Bonchev–Trinajstić information content (AvgIpc) is 2.46. The van der Waals surface area contributed by atoms with E-state index in [2.05, 4.69) is 4.98 Å². The Hall–Kier alpha value is -1.77. The van der Waals surface area contributed by atoms with E-state index in [1.54, 1.807) is 0 Å². The molecule has 0 aliphatic carbocycles. The predicted molar refractivity (Wildman–Crippen MR) is 60.6 cm³/mol. The van der Waals surface area contributed by atoms with E-state index in [4.69, 9.17) is 10.2 Å². The van der Waals surface area contributed by atoms with Crippen molar-refractivity contribution in [3.05, 3.63) is 35.2 Å². The number of nitrogen functional groups attached to an aromatic ring is 1. The number of aryl methyl sites for hydroxylation is 3. The molecule has 15 heavy (non-hydrogen) atoms. The molecule has 0 unspecified atom stereocenters. The highest BCUT2D eigenvalue weighted by Crippen LogP contribution is 2.29. The Morgan fingerprint density at radius 1 is 1.20 bits per heavy atom. The summed E-state index contributed by atoms with van der Waals surface area (Å²) < 4.78 is 5.57. The van der Waals surface area contributed by atoms with Crippen LogP contribution in [0.1, 0.15) is 17.0 Å². The fourth-order valence-corrected chi connectivity index (χ4v) is 1.56.